The van der Waals surface area contributed by atoms with Gasteiger partial charge < -0.3 is 9.80 Å². The third-order valence-electron chi connectivity index (χ3n) is 4.72. The zero-order chi connectivity index (χ0) is 19.6. The maximum atomic E-state index is 12.9. The summed E-state index contributed by atoms with van der Waals surface area (Å²) in [6.45, 7) is 14.1. The van der Waals surface area contributed by atoms with Crippen LogP contribution in [0.2, 0.25) is 0 Å². The molecule has 0 unspecified atom stereocenters. The van der Waals surface area contributed by atoms with E-state index >= 15 is 0 Å². The Morgan fingerprint density at radius 1 is 0.923 bits per heavy atom. The van der Waals surface area contributed by atoms with Gasteiger partial charge in [-0.25, -0.2) is 4.79 Å². The van der Waals surface area contributed by atoms with Crippen molar-refractivity contribution in [1.29, 1.82) is 0 Å². The van der Waals surface area contributed by atoms with Gasteiger partial charge in [-0.15, -0.1) is 0 Å². The second-order valence-corrected chi connectivity index (χ2v) is 8.02. The summed E-state index contributed by atoms with van der Waals surface area (Å²) in [4.78, 5) is 41.5. The van der Waals surface area contributed by atoms with Crippen molar-refractivity contribution < 1.29 is 4.79 Å². The van der Waals surface area contributed by atoms with Crippen molar-refractivity contribution in [3.63, 3.8) is 0 Å². The summed E-state index contributed by atoms with van der Waals surface area (Å²) in [6.07, 6.45) is 0.557. The van der Waals surface area contributed by atoms with Crippen LogP contribution in [0.1, 0.15) is 60.0 Å². The lowest BCUT2D eigenvalue weighted by Gasteiger charge is -2.37. The molecule has 1 aromatic rings. The highest BCUT2D eigenvalue weighted by Crippen LogP contribution is 2.18. The molecule has 1 aliphatic heterocycles. The fraction of sp³-hybridized carbons (Fsp3) is 0.737. The molecule has 0 radical (unpaired) electrons. The Bertz CT molecular complexity index is 753. The highest BCUT2D eigenvalue weighted by Gasteiger charge is 2.25. The normalized spacial score (nSPS) is 15.4. The van der Waals surface area contributed by atoms with Crippen LogP contribution in [0.5, 0.6) is 0 Å². The summed E-state index contributed by atoms with van der Waals surface area (Å²) in [7, 11) is 0. The van der Waals surface area contributed by atoms with Crippen LogP contribution in [0.3, 0.4) is 0 Å². The lowest BCUT2D eigenvalue weighted by atomic mass is 10.1. The average molecular weight is 364 g/mol. The second kappa shape index (κ2) is 8.10. The Morgan fingerprint density at radius 3 is 1.92 bits per heavy atom. The average Bonchev–Trinajstić information content (AvgIpc) is 2.52. The molecule has 1 aromatic heterocycles. The molecule has 1 amide bonds. The van der Waals surface area contributed by atoms with Crippen molar-refractivity contribution in [3.8, 4) is 0 Å². The summed E-state index contributed by atoms with van der Waals surface area (Å²) >= 11 is 0. The fourth-order valence-electron chi connectivity index (χ4n) is 3.43. The zero-order valence-corrected chi connectivity index (χ0v) is 16.9. The quantitative estimate of drug-likeness (QED) is 0.800. The molecule has 0 bridgehead atoms. The maximum Gasteiger partial charge on any atom is 0.333 e. The number of carbonyl (C=O) groups excluding carboxylic acids is 1. The van der Waals surface area contributed by atoms with Gasteiger partial charge in [-0.3, -0.25) is 18.7 Å². The van der Waals surface area contributed by atoms with Gasteiger partial charge in [0.1, 0.15) is 5.82 Å². The Balaban J connectivity index is 2.29. The van der Waals surface area contributed by atoms with Gasteiger partial charge in [0, 0.05) is 50.7 Å². The van der Waals surface area contributed by atoms with E-state index in [4.69, 9.17) is 0 Å². The number of carbonyl (C=O) groups is 1. The van der Waals surface area contributed by atoms with Crippen molar-refractivity contribution >= 4 is 11.7 Å². The number of nitrogens with zero attached hydrogens (tertiary/aromatic N) is 4. The van der Waals surface area contributed by atoms with Gasteiger partial charge in [0.15, 0.2) is 0 Å². The molecule has 26 heavy (non-hydrogen) atoms. The fourth-order valence-corrected chi connectivity index (χ4v) is 3.43. The van der Waals surface area contributed by atoms with E-state index in [0.29, 0.717) is 44.3 Å². The first-order valence-corrected chi connectivity index (χ1v) is 9.54. The number of rotatable bonds is 5. The molecule has 7 nitrogen and oxygen atoms in total. The lowest BCUT2D eigenvalue weighted by molar-refractivity contribution is -0.132. The van der Waals surface area contributed by atoms with Crippen molar-refractivity contribution in [2.45, 2.75) is 60.0 Å². The summed E-state index contributed by atoms with van der Waals surface area (Å²) in [6, 6.07) is 1.33. The number of aromatic nitrogens is 2. The minimum absolute atomic E-state index is 0.0521. The topological polar surface area (TPSA) is 67.6 Å². The Hall–Kier alpha value is -2.05. The predicted molar refractivity (Wildman–Crippen MR) is 104 cm³/mol. The molecule has 7 heteroatoms. The van der Waals surface area contributed by atoms with E-state index in [0.717, 1.165) is 0 Å². The van der Waals surface area contributed by atoms with Crippen LogP contribution < -0.4 is 16.1 Å². The van der Waals surface area contributed by atoms with Crippen molar-refractivity contribution in [2.75, 3.05) is 31.1 Å². The molecule has 1 saturated heterocycles. The van der Waals surface area contributed by atoms with E-state index in [1.54, 1.807) is 10.6 Å². The number of anilines is 1. The maximum absolute atomic E-state index is 12.9. The highest BCUT2D eigenvalue weighted by atomic mass is 16.2. The summed E-state index contributed by atoms with van der Waals surface area (Å²) in [5.41, 5.74) is -0.536. The van der Waals surface area contributed by atoms with Crippen LogP contribution in [-0.2, 0) is 4.79 Å². The smallest absolute Gasteiger partial charge is 0.333 e. The van der Waals surface area contributed by atoms with Crippen LogP contribution in [0.25, 0.3) is 0 Å². The largest absolute Gasteiger partial charge is 0.354 e. The lowest BCUT2D eigenvalue weighted by Crippen LogP contribution is -2.51. The van der Waals surface area contributed by atoms with Crippen LogP contribution >= 0.6 is 0 Å². The summed E-state index contributed by atoms with van der Waals surface area (Å²) in [5, 5.41) is 0. The van der Waals surface area contributed by atoms with Gasteiger partial charge in [0.25, 0.3) is 5.56 Å². The highest BCUT2D eigenvalue weighted by molar-refractivity contribution is 5.76. The molecule has 0 aromatic carbocycles. The molecule has 0 saturated carbocycles. The van der Waals surface area contributed by atoms with E-state index in [2.05, 4.69) is 0 Å². The van der Waals surface area contributed by atoms with Crippen molar-refractivity contribution in [1.82, 2.24) is 14.0 Å². The molecule has 146 valence electrons. The van der Waals surface area contributed by atoms with E-state index in [-0.39, 0.29) is 29.2 Å². The van der Waals surface area contributed by atoms with Crippen molar-refractivity contribution in [2.24, 2.45) is 5.92 Å². The molecule has 2 heterocycles. The van der Waals surface area contributed by atoms with E-state index in [9.17, 15) is 14.4 Å². The van der Waals surface area contributed by atoms with Crippen LogP contribution in [0.4, 0.5) is 5.82 Å². The molecule has 0 N–H and O–H groups in total. The van der Waals surface area contributed by atoms with Gasteiger partial charge in [-0.2, -0.15) is 0 Å². The summed E-state index contributed by atoms with van der Waals surface area (Å²) in [5.74, 6) is 1.18. The third kappa shape index (κ3) is 4.19. The first-order valence-electron chi connectivity index (χ1n) is 9.54. The Morgan fingerprint density at radius 2 is 1.46 bits per heavy atom. The van der Waals surface area contributed by atoms with E-state index in [1.807, 2.05) is 51.3 Å². The SMILES string of the molecule is CC(C)CC(=O)N1CCN(c2cc(=O)n(C(C)C)c(=O)n2C(C)C)CC1. The minimum Gasteiger partial charge on any atom is -0.354 e. The van der Waals surface area contributed by atoms with Crippen LogP contribution in [-0.4, -0.2) is 46.1 Å². The number of amides is 1. The van der Waals surface area contributed by atoms with Gasteiger partial charge in [-0.1, -0.05) is 13.8 Å². The standard InChI is InChI=1S/C19H32N4O3/c1-13(2)11-17(24)21-9-7-20(8-10-21)16-12-18(25)23(15(5)6)19(26)22(16)14(3)4/h12-15H,7-11H2,1-6H3. The van der Waals surface area contributed by atoms with Crippen LogP contribution in [0, 0.1) is 5.92 Å². The first-order chi connectivity index (χ1) is 12.1. The van der Waals surface area contributed by atoms with E-state index < -0.39 is 0 Å². The number of hydrogen-bond acceptors (Lipinski definition) is 4. The Kier molecular flexibility index (Phi) is 6.31. The molecular weight excluding hydrogens is 332 g/mol. The number of piperazine rings is 1. The molecule has 0 spiro atoms. The van der Waals surface area contributed by atoms with Gasteiger partial charge in [-0.05, 0) is 33.6 Å². The molecule has 1 aliphatic rings. The van der Waals surface area contributed by atoms with Crippen LogP contribution in [0.15, 0.2) is 15.7 Å². The Labute approximate surface area is 155 Å². The third-order valence-corrected chi connectivity index (χ3v) is 4.72. The number of hydrogen-bond donors (Lipinski definition) is 0. The van der Waals surface area contributed by atoms with Gasteiger partial charge >= 0.3 is 5.69 Å². The van der Waals surface area contributed by atoms with Crippen molar-refractivity contribution in [3.05, 3.63) is 26.9 Å². The molecular formula is C19H32N4O3. The first kappa shape index (κ1) is 20.3. The molecule has 0 atom stereocenters. The van der Waals surface area contributed by atoms with E-state index in [1.165, 1.54) is 4.57 Å². The molecule has 0 aliphatic carbocycles. The molecule has 2 rings (SSSR count). The van der Waals surface area contributed by atoms with Gasteiger partial charge in [0.2, 0.25) is 5.91 Å². The summed E-state index contributed by atoms with van der Waals surface area (Å²) < 4.78 is 2.99. The predicted octanol–water partition coefficient (Wildman–Crippen LogP) is 1.87. The zero-order valence-electron chi connectivity index (χ0n) is 16.9. The molecule has 1 fully saturated rings. The minimum atomic E-state index is -0.268. The monoisotopic (exact) mass is 364 g/mol. The second-order valence-electron chi connectivity index (χ2n) is 8.02. The van der Waals surface area contributed by atoms with Gasteiger partial charge in [0.05, 0.1) is 0 Å².